The van der Waals surface area contributed by atoms with E-state index in [2.05, 4.69) is 6.58 Å². The molecule has 122 valence electrons. The fourth-order valence-electron chi connectivity index (χ4n) is 3.65. The van der Waals surface area contributed by atoms with Gasteiger partial charge in [0.2, 0.25) is 0 Å². The minimum atomic E-state index is -3.55. The van der Waals surface area contributed by atoms with Gasteiger partial charge in [-0.05, 0) is 32.1 Å². The van der Waals surface area contributed by atoms with Crippen LogP contribution in [0, 0.1) is 11.8 Å². The van der Waals surface area contributed by atoms with E-state index in [0.29, 0.717) is 6.42 Å². The molecule has 0 aromatic carbocycles. The minimum absolute atomic E-state index is 0.0157. The van der Waals surface area contributed by atoms with Crippen LogP contribution in [0.15, 0.2) is 12.2 Å². The summed E-state index contributed by atoms with van der Waals surface area (Å²) in [5.74, 6) is -1.48. The lowest BCUT2D eigenvalue weighted by molar-refractivity contribution is -0.174. The van der Waals surface area contributed by atoms with E-state index in [-0.39, 0.29) is 17.4 Å². The van der Waals surface area contributed by atoms with Crippen molar-refractivity contribution in [3.05, 3.63) is 12.2 Å². The Hall–Kier alpha value is -1.41. The maximum Gasteiger partial charge on any atom is 0.344 e. The summed E-state index contributed by atoms with van der Waals surface area (Å²) in [6.45, 7) is 4.38. The van der Waals surface area contributed by atoms with Crippen LogP contribution in [0.3, 0.4) is 0 Å². The molecule has 0 N–H and O–H groups in total. The van der Waals surface area contributed by atoms with Gasteiger partial charge >= 0.3 is 11.9 Å². The summed E-state index contributed by atoms with van der Waals surface area (Å²) < 4.78 is 39.1. The lowest BCUT2D eigenvalue weighted by Gasteiger charge is -2.43. The molecule has 0 spiro atoms. The maximum atomic E-state index is 11.9. The third kappa shape index (κ3) is 2.54. The number of ether oxygens (including phenoxy) is 2. The van der Waals surface area contributed by atoms with Gasteiger partial charge in [0.25, 0.3) is 10.1 Å². The Labute approximate surface area is 128 Å². The first-order chi connectivity index (χ1) is 10.3. The molecule has 0 radical (unpaired) electrons. The SMILES string of the molecule is C=C(C)C(=O)OCC(=O)OC1C2CCC3C1OS(=O)(=O)C3C2. The van der Waals surface area contributed by atoms with E-state index in [1.807, 2.05) is 0 Å². The Kier molecular flexibility index (Phi) is 3.76. The molecule has 1 aliphatic heterocycles. The van der Waals surface area contributed by atoms with Crippen LogP contribution in [0.4, 0.5) is 0 Å². The zero-order valence-corrected chi connectivity index (χ0v) is 13.0. The van der Waals surface area contributed by atoms with Crippen LogP contribution in [0.25, 0.3) is 0 Å². The van der Waals surface area contributed by atoms with Gasteiger partial charge in [-0.15, -0.1) is 0 Å². The van der Waals surface area contributed by atoms with Crippen molar-refractivity contribution >= 4 is 22.1 Å². The predicted molar refractivity (Wildman–Crippen MR) is 74.1 cm³/mol. The van der Waals surface area contributed by atoms with Gasteiger partial charge in [0.05, 0.1) is 5.25 Å². The highest BCUT2D eigenvalue weighted by molar-refractivity contribution is 7.87. The van der Waals surface area contributed by atoms with Crippen molar-refractivity contribution < 1.29 is 31.7 Å². The maximum absolute atomic E-state index is 11.9. The summed E-state index contributed by atoms with van der Waals surface area (Å²) in [6.07, 6.45) is 0.886. The van der Waals surface area contributed by atoms with Crippen molar-refractivity contribution in [3.8, 4) is 0 Å². The van der Waals surface area contributed by atoms with Gasteiger partial charge in [0, 0.05) is 11.5 Å². The molecule has 4 bridgehead atoms. The number of carbonyl (C=O) groups excluding carboxylic acids is 2. The third-order valence-electron chi connectivity index (χ3n) is 4.65. The molecule has 0 aromatic heterocycles. The van der Waals surface area contributed by atoms with Gasteiger partial charge in [-0.1, -0.05) is 6.58 Å². The first-order valence-corrected chi connectivity index (χ1v) is 8.71. The van der Waals surface area contributed by atoms with Crippen LogP contribution in [-0.2, 0) is 33.4 Å². The van der Waals surface area contributed by atoms with E-state index in [1.165, 1.54) is 6.92 Å². The molecule has 4 rings (SSSR count). The van der Waals surface area contributed by atoms with Gasteiger partial charge in [-0.3, -0.25) is 4.18 Å². The van der Waals surface area contributed by atoms with Crippen molar-refractivity contribution in [1.29, 1.82) is 0 Å². The van der Waals surface area contributed by atoms with Gasteiger partial charge < -0.3 is 9.47 Å². The van der Waals surface area contributed by atoms with Crippen molar-refractivity contribution in [2.24, 2.45) is 11.8 Å². The molecule has 4 fully saturated rings. The first kappa shape index (κ1) is 15.5. The Morgan fingerprint density at radius 1 is 1.32 bits per heavy atom. The molecule has 7 nitrogen and oxygen atoms in total. The molecule has 1 heterocycles. The summed E-state index contributed by atoms with van der Waals surface area (Å²) in [7, 11) is -3.55. The van der Waals surface area contributed by atoms with Crippen molar-refractivity contribution in [2.75, 3.05) is 6.61 Å². The average Bonchev–Trinajstić information content (AvgIpc) is 2.68. The quantitative estimate of drug-likeness (QED) is 0.422. The van der Waals surface area contributed by atoms with Gasteiger partial charge in [0.15, 0.2) is 6.61 Å². The second-order valence-electron chi connectivity index (χ2n) is 6.14. The van der Waals surface area contributed by atoms with Gasteiger partial charge in [-0.25, -0.2) is 9.59 Å². The highest BCUT2D eigenvalue weighted by Crippen LogP contribution is 2.52. The van der Waals surface area contributed by atoms with E-state index in [9.17, 15) is 18.0 Å². The molecule has 4 aliphatic rings. The van der Waals surface area contributed by atoms with Crippen LogP contribution in [0.1, 0.15) is 26.2 Å². The topological polar surface area (TPSA) is 96.0 Å². The molecule has 0 amide bonds. The van der Waals surface area contributed by atoms with Crippen molar-refractivity contribution in [3.63, 3.8) is 0 Å². The Morgan fingerprint density at radius 3 is 2.73 bits per heavy atom. The lowest BCUT2D eigenvalue weighted by atomic mass is 9.67. The largest absolute Gasteiger partial charge is 0.457 e. The predicted octanol–water partition coefficient (Wildman–Crippen LogP) is 0.545. The standard InChI is InChI=1S/C14H18O7S/c1-7(2)14(16)19-6-11(15)20-12-8-3-4-9-10(5-8)22(17,18)21-13(9)12/h8-10,12-13H,1,3-6H2,2H3. The summed E-state index contributed by atoms with van der Waals surface area (Å²) in [5, 5.41) is -0.465. The molecule has 3 aliphatic carbocycles. The second-order valence-corrected chi connectivity index (χ2v) is 7.92. The molecular formula is C14H18O7S. The van der Waals surface area contributed by atoms with Crippen LogP contribution in [0.5, 0.6) is 0 Å². The van der Waals surface area contributed by atoms with Crippen molar-refractivity contribution in [1.82, 2.24) is 0 Å². The van der Waals surface area contributed by atoms with Crippen LogP contribution >= 0.6 is 0 Å². The normalized spacial score (nSPS) is 37.6. The number of hydrogen-bond acceptors (Lipinski definition) is 7. The smallest absolute Gasteiger partial charge is 0.344 e. The van der Waals surface area contributed by atoms with Gasteiger partial charge in [0.1, 0.15) is 12.2 Å². The minimum Gasteiger partial charge on any atom is -0.457 e. The molecule has 5 unspecified atom stereocenters. The highest BCUT2D eigenvalue weighted by atomic mass is 32.2. The number of esters is 2. The highest BCUT2D eigenvalue weighted by Gasteiger charge is 2.61. The second kappa shape index (κ2) is 5.34. The zero-order valence-electron chi connectivity index (χ0n) is 12.2. The molecule has 1 saturated heterocycles. The Balaban J connectivity index is 1.63. The molecule has 0 aromatic rings. The lowest BCUT2D eigenvalue weighted by Crippen LogP contribution is -2.52. The third-order valence-corrected chi connectivity index (χ3v) is 6.42. The zero-order chi connectivity index (χ0) is 16.1. The monoisotopic (exact) mass is 330 g/mol. The van der Waals surface area contributed by atoms with E-state index >= 15 is 0 Å². The summed E-state index contributed by atoms with van der Waals surface area (Å²) in [4.78, 5) is 23.1. The number of carbonyl (C=O) groups is 2. The number of hydrogen-bond donors (Lipinski definition) is 0. The fraction of sp³-hybridized carbons (Fsp3) is 0.714. The molecule has 8 heteroatoms. The number of rotatable bonds is 4. The molecular weight excluding hydrogens is 312 g/mol. The van der Waals surface area contributed by atoms with Crippen molar-refractivity contribution in [2.45, 2.75) is 43.6 Å². The van der Waals surface area contributed by atoms with Crippen LogP contribution in [0.2, 0.25) is 0 Å². The first-order valence-electron chi connectivity index (χ1n) is 7.24. The van der Waals surface area contributed by atoms with Crippen LogP contribution in [-0.4, -0.2) is 44.4 Å². The molecule has 5 atom stereocenters. The Bertz CT molecular complexity index is 623. The Morgan fingerprint density at radius 2 is 2.05 bits per heavy atom. The van der Waals surface area contributed by atoms with E-state index in [4.69, 9.17) is 13.7 Å². The van der Waals surface area contributed by atoms with E-state index in [1.54, 1.807) is 0 Å². The molecule has 22 heavy (non-hydrogen) atoms. The number of fused-ring (bicyclic) bond motifs is 1. The van der Waals surface area contributed by atoms with Crippen LogP contribution < -0.4 is 0 Å². The van der Waals surface area contributed by atoms with Gasteiger partial charge in [-0.2, -0.15) is 8.42 Å². The van der Waals surface area contributed by atoms with E-state index < -0.39 is 46.1 Å². The summed E-state index contributed by atoms with van der Waals surface area (Å²) in [6, 6.07) is 0. The summed E-state index contributed by atoms with van der Waals surface area (Å²) >= 11 is 0. The molecule has 3 saturated carbocycles. The van der Waals surface area contributed by atoms with E-state index in [0.717, 1.165) is 12.8 Å². The fourth-order valence-corrected chi connectivity index (χ4v) is 5.56. The summed E-state index contributed by atoms with van der Waals surface area (Å²) in [5.41, 5.74) is 0.192. The average molecular weight is 330 g/mol.